The van der Waals surface area contributed by atoms with E-state index in [-0.39, 0.29) is 0 Å². The van der Waals surface area contributed by atoms with E-state index < -0.39 is 0 Å². The number of allylic oxidation sites excluding steroid dienone is 4. The van der Waals surface area contributed by atoms with Crippen molar-refractivity contribution in [2.45, 2.75) is 40.2 Å². The van der Waals surface area contributed by atoms with Crippen LogP contribution in [0.3, 0.4) is 0 Å². The first-order valence-electron chi connectivity index (χ1n) is 17.7. The minimum atomic E-state index is 0.302. The Balaban J connectivity index is 1.17. The Labute approximate surface area is 298 Å². The molecule has 1 atom stereocenters. The maximum atomic E-state index is 5.13. The van der Waals surface area contributed by atoms with Crippen LogP contribution in [0.25, 0.3) is 61.5 Å². The second kappa shape index (κ2) is 11.5. The maximum absolute atomic E-state index is 5.13. The Bertz CT molecular complexity index is 2860. The number of benzene rings is 2. The molecule has 1 aliphatic carbocycles. The van der Waals surface area contributed by atoms with E-state index in [4.69, 9.17) is 19.9 Å². The predicted octanol–water partition coefficient (Wildman–Crippen LogP) is 8.60. The quantitative estimate of drug-likeness (QED) is 0.163. The van der Waals surface area contributed by atoms with Gasteiger partial charge in [-0.2, -0.15) is 9.97 Å². The summed E-state index contributed by atoms with van der Waals surface area (Å²) in [7, 11) is 0. The fourth-order valence-electron chi connectivity index (χ4n) is 7.76. The van der Waals surface area contributed by atoms with Gasteiger partial charge in [-0.15, -0.1) is 0 Å². The molecule has 6 heterocycles. The van der Waals surface area contributed by atoms with Crippen LogP contribution in [0, 0.1) is 11.8 Å². The second-order valence-corrected chi connectivity index (χ2v) is 14.0. The van der Waals surface area contributed by atoms with Crippen molar-refractivity contribution >= 4 is 67.1 Å². The van der Waals surface area contributed by atoms with E-state index in [1.807, 2.05) is 41.3 Å². The monoisotopic (exact) mass is 684 g/mol. The summed E-state index contributed by atoms with van der Waals surface area (Å²) < 4.78 is 8.28. The number of nitrogens with one attached hydrogen (secondary N) is 2. The molecular weight excluding hydrogens is 649 g/mol. The Morgan fingerprint density at radius 3 is 1.94 bits per heavy atom. The Morgan fingerprint density at radius 2 is 1.33 bits per heavy atom. The lowest BCUT2D eigenvalue weighted by atomic mass is 9.86. The van der Waals surface area contributed by atoms with E-state index in [0.717, 1.165) is 73.6 Å². The minimum absolute atomic E-state index is 0.302. The molecule has 1 aliphatic rings. The summed E-state index contributed by atoms with van der Waals surface area (Å²) in [6, 6.07) is 21.0. The molecule has 2 N–H and O–H groups in total. The van der Waals surface area contributed by atoms with Gasteiger partial charge in [-0.05, 0) is 80.8 Å². The fourth-order valence-corrected chi connectivity index (χ4v) is 7.76. The van der Waals surface area contributed by atoms with E-state index in [9.17, 15) is 0 Å². The fraction of sp³-hybridized carbons (Fsp3) is 0.200. The molecule has 6 aromatic heterocycles. The number of para-hydroxylation sites is 2. The highest BCUT2D eigenvalue weighted by atomic mass is 15.3. The normalized spacial score (nSPS) is 15.0. The molecule has 0 fully saturated rings. The first-order chi connectivity index (χ1) is 25.4. The van der Waals surface area contributed by atoms with Gasteiger partial charge in [0.05, 0.1) is 39.0 Å². The molecule has 3 aromatic carbocycles. The summed E-state index contributed by atoms with van der Waals surface area (Å²) in [5.74, 6) is 4.35. The third-order valence-corrected chi connectivity index (χ3v) is 10.3. The summed E-state index contributed by atoms with van der Waals surface area (Å²) in [5, 5.41) is 9.32. The third-order valence-electron chi connectivity index (χ3n) is 10.3. The average Bonchev–Trinajstić information content (AvgIpc) is 3.97. The highest BCUT2D eigenvalue weighted by Gasteiger charge is 2.25. The molecule has 0 saturated carbocycles. The van der Waals surface area contributed by atoms with Crippen LogP contribution in [0.15, 0.2) is 110 Å². The predicted molar refractivity (Wildman–Crippen MR) is 206 cm³/mol. The van der Waals surface area contributed by atoms with Crippen LogP contribution in [-0.2, 0) is 0 Å². The molecule has 1 unspecified atom stereocenters. The highest BCUT2D eigenvalue weighted by Crippen LogP contribution is 2.38. The van der Waals surface area contributed by atoms with Crippen LogP contribution in [0.2, 0.25) is 0 Å². The molecule has 52 heavy (non-hydrogen) atoms. The van der Waals surface area contributed by atoms with Gasteiger partial charge in [0.2, 0.25) is 11.6 Å². The minimum Gasteiger partial charge on any atom is -0.357 e. The molecule has 12 heteroatoms. The van der Waals surface area contributed by atoms with Gasteiger partial charge in [-0.1, -0.05) is 38.1 Å². The highest BCUT2D eigenvalue weighted by molar-refractivity contribution is 6.08. The first-order valence-corrected chi connectivity index (χ1v) is 17.7. The largest absolute Gasteiger partial charge is 0.357 e. The number of nitrogens with zero attached hydrogens (tertiary/aromatic N) is 10. The molecule has 10 rings (SSSR count). The Hall–Kier alpha value is -6.56. The number of hydrogen-bond acceptors (Lipinski definition) is 8. The molecule has 0 spiro atoms. The third kappa shape index (κ3) is 4.53. The number of anilines is 3. The van der Waals surface area contributed by atoms with Crippen LogP contribution in [0.5, 0.6) is 0 Å². The number of hydrogen-bond donors (Lipinski definition) is 2. The molecule has 9 aromatic rings. The summed E-state index contributed by atoms with van der Waals surface area (Å²) >= 11 is 0. The van der Waals surface area contributed by atoms with Crippen molar-refractivity contribution in [3.05, 3.63) is 110 Å². The van der Waals surface area contributed by atoms with Gasteiger partial charge in [0.15, 0.2) is 11.6 Å². The van der Waals surface area contributed by atoms with Crippen molar-refractivity contribution in [2.75, 3.05) is 10.6 Å². The first kappa shape index (κ1) is 30.3. The van der Waals surface area contributed by atoms with E-state index in [0.29, 0.717) is 29.4 Å². The smallest absolute Gasteiger partial charge is 0.240 e. The standard InChI is InChI=1S/C40H36N12/c1-23(2)25-10-5-6-11-28(25)45-31-14-7-12-29-35(31)50(21-43-29)37-26-17-18-27-34(26)52-39(47-37)41-20-42-40(52)48-38(27)51-22-44-30-13-8-15-32(36(30)51)46-33-16-9-19-49(33)24(3)4/h5-9,11-25,45-46H,10H2,1-4H3. The molecule has 0 amide bonds. The van der Waals surface area contributed by atoms with Gasteiger partial charge in [0.1, 0.15) is 24.8 Å². The molecular formula is C40H36N12. The van der Waals surface area contributed by atoms with Crippen molar-refractivity contribution < 1.29 is 0 Å². The Kier molecular flexibility index (Phi) is 6.69. The van der Waals surface area contributed by atoms with Crippen LogP contribution in [-0.4, -0.2) is 48.0 Å². The molecule has 0 aliphatic heterocycles. The zero-order valence-corrected chi connectivity index (χ0v) is 29.2. The van der Waals surface area contributed by atoms with Crippen LogP contribution >= 0.6 is 0 Å². The van der Waals surface area contributed by atoms with Crippen molar-refractivity contribution in [3.63, 3.8) is 0 Å². The lowest BCUT2D eigenvalue weighted by molar-refractivity contribution is 0.446. The lowest BCUT2D eigenvalue weighted by Crippen LogP contribution is -2.19. The molecule has 256 valence electrons. The zero-order chi connectivity index (χ0) is 35.1. The van der Waals surface area contributed by atoms with Crippen molar-refractivity contribution in [1.82, 2.24) is 48.0 Å². The van der Waals surface area contributed by atoms with Crippen LogP contribution < -0.4 is 10.6 Å². The summed E-state index contributed by atoms with van der Waals surface area (Å²) in [5.41, 5.74) is 7.62. The van der Waals surface area contributed by atoms with Crippen LogP contribution in [0.4, 0.5) is 17.2 Å². The molecule has 12 nitrogen and oxygen atoms in total. The topological polar surface area (TPSA) is 121 Å². The van der Waals surface area contributed by atoms with E-state index in [1.54, 1.807) is 0 Å². The number of fused-ring (bicyclic) bond motifs is 2. The van der Waals surface area contributed by atoms with Crippen molar-refractivity contribution in [3.8, 4) is 11.6 Å². The maximum Gasteiger partial charge on any atom is 0.240 e. The van der Waals surface area contributed by atoms with Gasteiger partial charge in [0, 0.05) is 34.6 Å². The lowest BCUT2D eigenvalue weighted by Gasteiger charge is -2.26. The number of imidazole rings is 2. The van der Waals surface area contributed by atoms with Gasteiger partial charge in [-0.25, -0.2) is 24.3 Å². The van der Waals surface area contributed by atoms with Crippen molar-refractivity contribution in [1.29, 1.82) is 0 Å². The van der Waals surface area contributed by atoms with Crippen LogP contribution in [0.1, 0.15) is 40.2 Å². The molecule has 0 bridgehead atoms. The summed E-state index contributed by atoms with van der Waals surface area (Å²) in [4.78, 5) is 29.2. The van der Waals surface area contributed by atoms with Gasteiger partial charge in [-0.3, -0.25) is 9.13 Å². The van der Waals surface area contributed by atoms with E-state index >= 15 is 0 Å². The van der Waals surface area contributed by atoms with Gasteiger partial charge >= 0.3 is 0 Å². The van der Waals surface area contributed by atoms with Gasteiger partial charge < -0.3 is 15.2 Å². The Morgan fingerprint density at radius 1 is 0.692 bits per heavy atom. The molecule has 0 radical (unpaired) electrons. The zero-order valence-electron chi connectivity index (χ0n) is 29.2. The number of rotatable bonds is 8. The van der Waals surface area contributed by atoms with E-state index in [1.165, 1.54) is 12.0 Å². The summed E-state index contributed by atoms with van der Waals surface area (Å²) in [6.45, 7) is 8.90. The second-order valence-electron chi connectivity index (χ2n) is 14.0. The van der Waals surface area contributed by atoms with Gasteiger partial charge in [0.25, 0.3) is 0 Å². The van der Waals surface area contributed by atoms with Crippen molar-refractivity contribution in [2.24, 2.45) is 11.8 Å². The van der Waals surface area contributed by atoms with E-state index in [2.05, 4.69) is 123 Å². The number of aromatic nitrogens is 10. The summed E-state index contributed by atoms with van der Waals surface area (Å²) in [6.07, 6.45) is 14.9. The average molecular weight is 685 g/mol. The molecule has 0 saturated heterocycles. The SMILES string of the molecule is CC(C)C1CC=CC=C1Nc1cccc2ncn(-c3nc4ncnc5nc(-n6cnc7cccc(Nc8cccn8C(C)C)c76)c6ccc3c6n45)c12.